The molecular weight excluding hydrogens is 271 g/mol. The maximum atomic E-state index is 14.2. The number of rotatable bonds is 5. The number of nitrogens with one attached hydrogen (secondary N) is 2. The van der Waals surface area contributed by atoms with Crippen molar-refractivity contribution in [3.8, 4) is 0 Å². The van der Waals surface area contributed by atoms with E-state index in [1.807, 2.05) is 13.8 Å². The van der Waals surface area contributed by atoms with Crippen LogP contribution in [0.5, 0.6) is 0 Å². The molecule has 2 aromatic rings. The molecule has 0 aliphatic carbocycles. The number of anilines is 2. The number of halogens is 1. The van der Waals surface area contributed by atoms with E-state index in [9.17, 15) is 9.18 Å². The summed E-state index contributed by atoms with van der Waals surface area (Å²) >= 11 is 0. The predicted molar refractivity (Wildman–Crippen MR) is 79.9 cm³/mol. The van der Waals surface area contributed by atoms with Crippen LogP contribution in [0.3, 0.4) is 0 Å². The van der Waals surface area contributed by atoms with E-state index in [1.54, 1.807) is 18.3 Å². The summed E-state index contributed by atoms with van der Waals surface area (Å²) in [5.74, 6) is -1.07. The Hall–Kier alpha value is -2.50. The molecule has 2 N–H and O–H groups in total. The fourth-order valence-corrected chi connectivity index (χ4v) is 1.81. The third-order valence-corrected chi connectivity index (χ3v) is 2.83. The lowest BCUT2D eigenvalue weighted by molar-refractivity contribution is 0.102. The van der Waals surface area contributed by atoms with Gasteiger partial charge in [0.15, 0.2) is 11.6 Å². The lowest BCUT2D eigenvalue weighted by Gasteiger charge is -2.09. The third kappa shape index (κ3) is 3.75. The number of hydrogen-bond acceptors (Lipinski definition) is 4. The van der Waals surface area contributed by atoms with Crippen LogP contribution < -0.4 is 10.6 Å². The summed E-state index contributed by atoms with van der Waals surface area (Å²) in [4.78, 5) is 20.1. The van der Waals surface area contributed by atoms with Crippen LogP contribution in [0.25, 0.3) is 0 Å². The Kier molecular flexibility index (Phi) is 4.81. The number of amides is 1. The summed E-state index contributed by atoms with van der Waals surface area (Å²) in [6, 6.07) is 4.73. The third-order valence-electron chi connectivity index (χ3n) is 2.83. The van der Waals surface area contributed by atoms with E-state index in [-0.39, 0.29) is 11.4 Å². The molecule has 0 aromatic carbocycles. The van der Waals surface area contributed by atoms with E-state index >= 15 is 0 Å². The van der Waals surface area contributed by atoms with Crippen LogP contribution in [0.2, 0.25) is 0 Å². The van der Waals surface area contributed by atoms with Gasteiger partial charge in [-0.2, -0.15) is 0 Å². The van der Waals surface area contributed by atoms with Gasteiger partial charge in [-0.15, -0.1) is 0 Å². The maximum absolute atomic E-state index is 14.2. The number of hydrogen-bond donors (Lipinski definition) is 2. The van der Waals surface area contributed by atoms with Gasteiger partial charge in [0.2, 0.25) is 0 Å². The summed E-state index contributed by atoms with van der Waals surface area (Å²) in [5.41, 5.74) is 1.30. The molecule has 21 heavy (non-hydrogen) atoms. The Morgan fingerprint density at radius 1 is 1.29 bits per heavy atom. The smallest absolute Gasteiger partial charge is 0.258 e. The molecule has 0 saturated heterocycles. The van der Waals surface area contributed by atoms with Crippen molar-refractivity contribution in [3.05, 3.63) is 47.7 Å². The second-order valence-electron chi connectivity index (χ2n) is 4.59. The van der Waals surface area contributed by atoms with Crippen molar-refractivity contribution in [2.45, 2.75) is 20.3 Å². The number of aromatic nitrogens is 2. The molecule has 0 spiro atoms. The topological polar surface area (TPSA) is 66.9 Å². The van der Waals surface area contributed by atoms with Gasteiger partial charge in [0, 0.05) is 30.3 Å². The van der Waals surface area contributed by atoms with Gasteiger partial charge in [0.25, 0.3) is 5.91 Å². The summed E-state index contributed by atoms with van der Waals surface area (Å²) in [7, 11) is 0. The monoisotopic (exact) mass is 288 g/mol. The van der Waals surface area contributed by atoms with Crippen LogP contribution >= 0.6 is 0 Å². The second kappa shape index (κ2) is 6.78. The standard InChI is InChI=1S/C15H17FN4O/c1-3-6-18-14-13(16)12(5-8-19-14)15(21)20-11-4-7-17-10(2)9-11/h4-5,7-9H,3,6H2,1-2H3,(H,18,19)(H,17,20,21). The first-order valence-electron chi connectivity index (χ1n) is 6.74. The molecular formula is C15H17FN4O. The molecule has 6 heteroatoms. The molecule has 0 aliphatic heterocycles. The highest BCUT2D eigenvalue weighted by molar-refractivity contribution is 6.04. The lowest BCUT2D eigenvalue weighted by atomic mass is 10.2. The van der Waals surface area contributed by atoms with Crippen LogP contribution in [-0.4, -0.2) is 22.4 Å². The Labute approximate surface area is 122 Å². The highest BCUT2D eigenvalue weighted by Crippen LogP contribution is 2.17. The highest BCUT2D eigenvalue weighted by Gasteiger charge is 2.16. The van der Waals surface area contributed by atoms with Gasteiger partial charge in [0.1, 0.15) is 0 Å². The molecule has 2 heterocycles. The first-order chi connectivity index (χ1) is 10.1. The molecule has 1 amide bonds. The molecule has 5 nitrogen and oxygen atoms in total. The van der Waals surface area contributed by atoms with Gasteiger partial charge in [-0.25, -0.2) is 9.37 Å². The molecule has 0 atom stereocenters. The molecule has 0 saturated carbocycles. The van der Waals surface area contributed by atoms with Crippen molar-refractivity contribution in [3.63, 3.8) is 0 Å². The van der Waals surface area contributed by atoms with E-state index in [1.165, 1.54) is 12.3 Å². The molecule has 2 aromatic heterocycles. The molecule has 0 radical (unpaired) electrons. The first kappa shape index (κ1) is 14.9. The van der Waals surface area contributed by atoms with Crippen LogP contribution in [0.15, 0.2) is 30.6 Å². The zero-order chi connectivity index (χ0) is 15.2. The van der Waals surface area contributed by atoms with Gasteiger partial charge in [-0.05, 0) is 31.5 Å². The molecule has 110 valence electrons. The first-order valence-corrected chi connectivity index (χ1v) is 6.74. The molecule has 0 bridgehead atoms. The minimum absolute atomic E-state index is 0.0435. The van der Waals surface area contributed by atoms with Crippen molar-refractivity contribution in [2.75, 3.05) is 17.2 Å². The highest BCUT2D eigenvalue weighted by atomic mass is 19.1. The Bertz CT molecular complexity index is 645. The SMILES string of the molecule is CCCNc1nccc(C(=O)Nc2ccnc(C)c2)c1F. The van der Waals surface area contributed by atoms with E-state index < -0.39 is 11.7 Å². The average molecular weight is 288 g/mol. The summed E-state index contributed by atoms with van der Waals surface area (Å²) in [5, 5.41) is 5.50. The Morgan fingerprint density at radius 3 is 2.76 bits per heavy atom. The van der Waals surface area contributed by atoms with Crippen LogP contribution in [0, 0.1) is 12.7 Å². The second-order valence-corrected chi connectivity index (χ2v) is 4.59. The zero-order valence-corrected chi connectivity index (χ0v) is 12.0. The van der Waals surface area contributed by atoms with Crippen LogP contribution in [0.4, 0.5) is 15.9 Å². The van der Waals surface area contributed by atoms with Crippen molar-refractivity contribution < 1.29 is 9.18 Å². The number of aryl methyl sites for hydroxylation is 1. The summed E-state index contributed by atoms with van der Waals surface area (Å²) in [6.07, 6.45) is 3.84. The summed E-state index contributed by atoms with van der Waals surface area (Å²) in [6.45, 7) is 4.38. The number of nitrogens with zero attached hydrogens (tertiary/aromatic N) is 2. The van der Waals surface area contributed by atoms with Crippen molar-refractivity contribution in [1.29, 1.82) is 0 Å². The Balaban J connectivity index is 2.19. The molecule has 0 aliphatic rings. The summed E-state index contributed by atoms with van der Waals surface area (Å²) < 4.78 is 14.2. The van der Waals surface area contributed by atoms with E-state index in [0.29, 0.717) is 12.2 Å². The van der Waals surface area contributed by atoms with Gasteiger partial charge >= 0.3 is 0 Å². The van der Waals surface area contributed by atoms with Gasteiger partial charge < -0.3 is 10.6 Å². The Morgan fingerprint density at radius 2 is 2.05 bits per heavy atom. The fourth-order valence-electron chi connectivity index (χ4n) is 1.81. The van der Waals surface area contributed by atoms with Crippen molar-refractivity contribution in [1.82, 2.24) is 9.97 Å². The maximum Gasteiger partial charge on any atom is 0.258 e. The molecule has 0 fully saturated rings. The zero-order valence-electron chi connectivity index (χ0n) is 12.0. The van der Waals surface area contributed by atoms with Crippen LogP contribution in [-0.2, 0) is 0 Å². The van der Waals surface area contributed by atoms with Gasteiger partial charge in [0.05, 0.1) is 5.56 Å². The van der Waals surface area contributed by atoms with Crippen LogP contribution in [0.1, 0.15) is 29.4 Å². The minimum atomic E-state index is -0.644. The van der Waals surface area contributed by atoms with Crippen molar-refractivity contribution in [2.24, 2.45) is 0 Å². The minimum Gasteiger partial charge on any atom is -0.368 e. The fraction of sp³-hybridized carbons (Fsp3) is 0.267. The quantitative estimate of drug-likeness (QED) is 0.887. The lowest BCUT2D eigenvalue weighted by Crippen LogP contribution is -2.16. The largest absolute Gasteiger partial charge is 0.368 e. The predicted octanol–water partition coefficient (Wildman–Crippen LogP) is 3.00. The normalized spacial score (nSPS) is 10.2. The van der Waals surface area contributed by atoms with Gasteiger partial charge in [-0.1, -0.05) is 6.92 Å². The molecule has 0 unspecified atom stereocenters. The number of carbonyl (C=O) groups is 1. The van der Waals surface area contributed by atoms with E-state index in [4.69, 9.17) is 0 Å². The number of pyridine rings is 2. The van der Waals surface area contributed by atoms with Crippen molar-refractivity contribution >= 4 is 17.4 Å². The number of carbonyl (C=O) groups excluding carboxylic acids is 1. The van der Waals surface area contributed by atoms with E-state index in [0.717, 1.165) is 12.1 Å². The molecule has 2 rings (SSSR count). The average Bonchev–Trinajstić information content (AvgIpc) is 2.46. The van der Waals surface area contributed by atoms with Gasteiger partial charge in [-0.3, -0.25) is 9.78 Å². The van der Waals surface area contributed by atoms with E-state index in [2.05, 4.69) is 20.6 Å².